The van der Waals surface area contributed by atoms with Gasteiger partial charge in [0.05, 0.1) is 12.7 Å². The number of hydrogen-bond acceptors (Lipinski definition) is 3. The maximum absolute atomic E-state index is 12.1. The van der Waals surface area contributed by atoms with E-state index >= 15 is 0 Å². The van der Waals surface area contributed by atoms with Crippen molar-refractivity contribution >= 4 is 5.91 Å². The van der Waals surface area contributed by atoms with Gasteiger partial charge in [0.15, 0.2) is 0 Å². The average Bonchev–Trinajstić information content (AvgIpc) is 2.68. The lowest BCUT2D eigenvalue weighted by molar-refractivity contribution is -0.122. The number of amides is 1. The number of hydrogen-bond donors (Lipinski definition) is 1. The van der Waals surface area contributed by atoms with Gasteiger partial charge < -0.3 is 10.1 Å². The van der Waals surface area contributed by atoms with Crippen LogP contribution < -0.4 is 5.32 Å². The van der Waals surface area contributed by atoms with Gasteiger partial charge in [0.1, 0.15) is 0 Å². The summed E-state index contributed by atoms with van der Waals surface area (Å²) in [5.41, 5.74) is 2.60. The molecule has 2 aromatic carbocycles. The van der Waals surface area contributed by atoms with Gasteiger partial charge in [0.2, 0.25) is 5.91 Å². The lowest BCUT2D eigenvalue weighted by atomic mass is 10.1. The van der Waals surface area contributed by atoms with E-state index in [1.807, 2.05) is 24.3 Å². The molecular weight excluding hydrogens is 324 g/mol. The van der Waals surface area contributed by atoms with Crippen molar-refractivity contribution in [2.45, 2.75) is 31.9 Å². The molecule has 138 valence electrons. The predicted octanol–water partition coefficient (Wildman–Crippen LogP) is 3.03. The van der Waals surface area contributed by atoms with E-state index in [-0.39, 0.29) is 12.0 Å². The van der Waals surface area contributed by atoms with Gasteiger partial charge in [0.25, 0.3) is 0 Å². The largest absolute Gasteiger partial charge is 0.374 e. The summed E-state index contributed by atoms with van der Waals surface area (Å²) < 4.78 is 5.81. The van der Waals surface area contributed by atoms with Crippen LogP contribution in [0.15, 0.2) is 60.7 Å². The minimum absolute atomic E-state index is 0.0746. The van der Waals surface area contributed by atoms with Crippen molar-refractivity contribution in [2.24, 2.45) is 0 Å². The molecule has 0 spiro atoms. The molecule has 2 aromatic rings. The highest BCUT2D eigenvalue weighted by atomic mass is 16.5. The fourth-order valence-corrected chi connectivity index (χ4v) is 3.30. The zero-order valence-electron chi connectivity index (χ0n) is 15.3. The molecule has 1 heterocycles. The number of carbonyl (C=O) groups excluding carboxylic acids is 1. The fraction of sp³-hybridized carbons (Fsp3) is 0.409. The molecule has 0 radical (unpaired) electrons. The highest BCUT2D eigenvalue weighted by Crippen LogP contribution is 2.10. The summed E-state index contributed by atoms with van der Waals surface area (Å²) in [5.74, 6) is 0.115. The molecule has 0 bridgehead atoms. The minimum atomic E-state index is 0.0746. The third-order valence-corrected chi connectivity index (χ3v) is 4.71. The van der Waals surface area contributed by atoms with E-state index in [4.69, 9.17) is 4.74 Å². The number of rotatable bonds is 8. The van der Waals surface area contributed by atoms with E-state index in [9.17, 15) is 4.79 Å². The van der Waals surface area contributed by atoms with Crippen molar-refractivity contribution < 1.29 is 9.53 Å². The first kappa shape index (κ1) is 18.6. The van der Waals surface area contributed by atoms with Crippen LogP contribution in [0.5, 0.6) is 0 Å². The Morgan fingerprint density at radius 3 is 2.46 bits per heavy atom. The van der Waals surface area contributed by atoms with E-state index in [1.165, 1.54) is 11.1 Å². The number of benzene rings is 2. The van der Waals surface area contributed by atoms with Gasteiger partial charge in [-0.05, 0) is 24.0 Å². The van der Waals surface area contributed by atoms with Crippen LogP contribution in [-0.2, 0) is 22.5 Å². The number of aryl methyl sites for hydroxylation is 1. The van der Waals surface area contributed by atoms with Gasteiger partial charge in [-0.1, -0.05) is 60.7 Å². The van der Waals surface area contributed by atoms with Crippen LogP contribution in [0.1, 0.15) is 24.0 Å². The second-order valence-electron chi connectivity index (χ2n) is 6.86. The Morgan fingerprint density at radius 2 is 1.73 bits per heavy atom. The Labute approximate surface area is 156 Å². The molecule has 1 atom stereocenters. The maximum atomic E-state index is 12.1. The molecule has 4 heteroatoms. The summed E-state index contributed by atoms with van der Waals surface area (Å²) in [5, 5.41) is 3.03. The molecule has 0 unspecified atom stereocenters. The molecule has 1 aliphatic rings. The summed E-state index contributed by atoms with van der Waals surface area (Å²) in [6.45, 7) is 4.05. The number of ether oxygens (including phenoxy) is 1. The summed E-state index contributed by atoms with van der Waals surface area (Å²) in [6.07, 6.45) is 2.46. The second kappa shape index (κ2) is 10.1. The monoisotopic (exact) mass is 352 g/mol. The smallest absolute Gasteiger partial charge is 0.220 e. The third kappa shape index (κ3) is 6.28. The lowest BCUT2D eigenvalue weighted by Crippen LogP contribution is -2.47. The highest BCUT2D eigenvalue weighted by Gasteiger charge is 2.20. The molecule has 0 aliphatic carbocycles. The molecule has 1 amide bonds. The summed E-state index contributed by atoms with van der Waals surface area (Å²) in [4.78, 5) is 14.5. The molecule has 1 aliphatic heterocycles. The Hall–Kier alpha value is -2.17. The Bertz CT molecular complexity index is 660. The molecular formula is C22H28N2O2. The van der Waals surface area contributed by atoms with Gasteiger partial charge in [-0.3, -0.25) is 9.69 Å². The molecule has 1 N–H and O–H groups in total. The van der Waals surface area contributed by atoms with Crippen LogP contribution in [0, 0.1) is 0 Å². The number of nitrogens with zero attached hydrogens (tertiary/aromatic N) is 1. The van der Waals surface area contributed by atoms with Crippen molar-refractivity contribution in [3.63, 3.8) is 0 Å². The molecule has 1 saturated heterocycles. The number of morpholine rings is 1. The van der Waals surface area contributed by atoms with Crippen molar-refractivity contribution in [2.75, 3.05) is 26.2 Å². The van der Waals surface area contributed by atoms with Crippen molar-refractivity contribution in [3.8, 4) is 0 Å². The molecule has 0 aromatic heterocycles. The topological polar surface area (TPSA) is 41.6 Å². The molecule has 4 nitrogen and oxygen atoms in total. The number of carbonyl (C=O) groups is 1. The Kier molecular flexibility index (Phi) is 7.23. The predicted molar refractivity (Wildman–Crippen MR) is 104 cm³/mol. The van der Waals surface area contributed by atoms with E-state index in [2.05, 4.69) is 46.6 Å². The van der Waals surface area contributed by atoms with Crippen LogP contribution in [0.4, 0.5) is 0 Å². The fourth-order valence-electron chi connectivity index (χ4n) is 3.30. The van der Waals surface area contributed by atoms with E-state index < -0.39 is 0 Å². The van der Waals surface area contributed by atoms with Crippen molar-refractivity contribution in [1.29, 1.82) is 0 Å². The highest BCUT2D eigenvalue weighted by molar-refractivity contribution is 5.75. The SMILES string of the molecule is O=C(CCCc1ccccc1)NC[C@H]1CN(Cc2ccccc2)CCO1. The van der Waals surface area contributed by atoms with Crippen LogP contribution in [0.25, 0.3) is 0 Å². The first-order valence-electron chi connectivity index (χ1n) is 9.48. The summed E-state index contributed by atoms with van der Waals surface area (Å²) in [6, 6.07) is 20.8. The quantitative estimate of drug-likeness (QED) is 0.794. The van der Waals surface area contributed by atoms with Crippen molar-refractivity contribution in [1.82, 2.24) is 10.2 Å². The zero-order valence-corrected chi connectivity index (χ0v) is 15.3. The number of nitrogens with one attached hydrogen (secondary N) is 1. The molecule has 0 saturated carbocycles. The normalized spacial score (nSPS) is 17.8. The van der Waals surface area contributed by atoms with Crippen molar-refractivity contribution in [3.05, 3.63) is 71.8 Å². The summed E-state index contributed by atoms with van der Waals surface area (Å²) >= 11 is 0. The van der Waals surface area contributed by atoms with E-state index in [0.29, 0.717) is 13.0 Å². The summed E-state index contributed by atoms with van der Waals surface area (Å²) in [7, 11) is 0. The Morgan fingerprint density at radius 1 is 1.04 bits per heavy atom. The van der Waals surface area contributed by atoms with Gasteiger partial charge in [-0.25, -0.2) is 0 Å². The lowest BCUT2D eigenvalue weighted by Gasteiger charge is -2.33. The van der Waals surface area contributed by atoms with Gasteiger partial charge in [0, 0.05) is 32.6 Å². The third-order valence-electron chi connectivity index (χ3n) is 4.71. The standard InChI is InChI=1S/C22H28N2O2/c25-22(13-7-12-19-8-3-1-4-9-19)23-16-21-18-24(14-15-26-21)17-20-10-5-2-6-11-20/h1-6,8-11,21H,7,12-18H2,(H,23,25)/t21-/m0/s1. The minimum Gasteiger partial charge on any atom is -0.374 e. The van der Waals surface area contributed by atoms with Crippen LogP contribution in [0.2, 0.25) is 0 Å². The Balaban J connectivity index is 1.34. The first-order chi connectivity index (χ1) is 12.8. The van der Waals surface area contributed by atoms with Gasteiger partial charge in [-0.15, -0.1) is 0 Å². The van der Waals surface area contributed by atoms with Gasteiger partial charge in [-0.2, -0.15) is 0 Å². The molecule has 1 fully saturated rings. The maximum Gasteiger partial charge on any atom is 0.220 e. The zero-order chi connectivity index (χ0) is 18.0. The van der Waals surface area contributed by atoms with Gasteiger partial charge >= 0.3 is 0 Å². The van der Waals surface area contributed by atoms with Crippen LogP contribution in [0.3, 0.4) is 0 Å². The first-order valence-corrected chi connectivity index (χ1v) is 9.48. The van der Waals surface area contributed by atoms with E-state index in [1.54, 1.807) is 0 Å². The van der Waals surface area contributed by atoms with E-state index in [0.717, 1.165) is 39.1 Å². The van der Waals surface area contributed by atoms with Crippen LogP contribution >= 0.6 is 0 Å². The second-order valence-corrected chi connectivity index (χ2v) is 6.86. The molecule has 3 rings (SSSR count). The average molecular weight is 352 g/mol. The van der Waals surface area contributed by atoms with Crippen LogP contribution in [-0.4, -0.2) is 43.2 Å². The molecule has 26 heavy (non-hydrogen) atoms.